The summed E-state index contributed by atoms with van der Waals surface area (Å²) in [5, 5.41) is 19.2. The number of amides is 3. The summed E-state index contributed by atoms with van der Waals surface area (Å²) in [7, 11) is 1.62. The van der Waals surface area contributed by atoms with Crippen LogP contribution in [-0.4, -0.2) is 103 Å². The molecule has 3 aromatic rings. The normalized spacial score (nSPS) is 14.5. The van der Waals surface area contributed by atoms with Crippen LogP contribution in [0.3, 0.4) is 0 Å². The molecule has 0 radical (unpaired) electrons. The minimum Gasteiger partial charge on any atom is -0.465 e. The van der Waals surface area contributed by atoms with Gasteiger partial charge in [-0.1, -0.05) is 29.4 Å². The van der Waals surface area contributed by atoms with E-state index in [0.717, 1.165) is 16.2 Å². The number of aromatic nitrogens is 2. The van der Waals surface area contributed by atoms with E-state index in [9.17, 15) is 33.9 Å². The first-order chi connectivity index (χ1) is 28.2. The molecule has 18 heteroatoms. The third kappa shape index (κ3) is 11.4. The molecule has 0 saturated carbocycles. The lowest BCUT2D eigenvalue weighted by molar-refractivity contribution is -0.174. The molecule has 1 aliphatic heterocycles. The van der Waals surface area contributed by atoms with Crippen molar-refractivity contribution < 1.29 is 47.8 Å². The van der Waals surface area contributed by atoms with Crippen LogP contribution in [-0.2, 0) is 35.1 Å². The molecule has 330 valence electrons. The lowest BCUT2D eigenvalue weighted by atomic mass is 9.86. The highest BCUT2D eigenvalue weighted by Crippen LogP contribution is 2.35. The molecule has 2 aromatic heterocycles. The van der Waals surface area contributed by atoms with Gasteiger partial charge in [-0.05, 0) is 94.7 Å². The molecule has 1 unspecified atom stereocenters. The van der Waals surface area contributed by atoms with Crippen molar-refractivity contribution in [1.29, 1.82) is 0 Å². The fourth-order valence-electron chi connectivity index (χ4n) is 6.15. The minimum absolute atomic E-state index is 0.00145. The van der Waals surface area contributed by atoms with Crippen molar-refractivity contribution in [2.75, 3.05) is 20.1 Å². The van der Waals surface area contributed by atoms with Crippen LogP contribution in [0.4, 0.5) is 9.59 Å². The lowest BCUT2D eigenvalue weighted by Gasteiger charge is -2.39. The SMILES string of the molecule is CCN(CC)C(=O)C(C)n1cc(C2=NC(c3cc(-c4ccc(CN(C)C(=O)OC(C)(C)C)cc4)no3)=C(NC(=O)O)NC2(C(=O)OC(C)(C)C)C(=O)OC(C)(C)C)ccc1=O. The Kier molecular flexibility index (Phi) is 14.0. The van der Waals surface area contributed by atoms with Crippen LogP contribution in [0.25, 0.3) is 17.0 Å². The molecule has 61 heavy (non-hydrogen) atoms. The van der Waals surface area contributed by atoms with E-state index in [1.54, 1.807) is 119 Å². The molecule has 3 N–H and O–H groups in total. The van der Waals surface area contributed by atoms with Crippen molar-refractivity contribution in [3.05, 3.63) is 81.7 Å². The molecule has 3 amide bonds. The largest absolute Gasteiger partial charge is 0.465 e. The van der Waals surface area contributed by atoms with E-state index in [1.165, 1.54) is 23.2 Å². The third-order valence-electron chi connectivity index (χ3n) is 8.95. The number of hydrogen-bond donors (Lipinski definition) is 3. The van der Waals surface area contributed by atoms with Gasteiger partial charge < -0.3 is 43.5 Å². The summed E-state index contributed by atoms with van der Waals surface area (Å²) in [6.07, 6.45) is -0.786. The molecule has 0 aliphatic carbocycles. The number of likely N-dealkylation sites (N-methyl/N-ethyl adjacent to an activating group) is 1. The van der Waals surface area contributed by atoms with Gasteiger partial charge in [-0.15, -0.1) is 0 Å². The predicted octanol–water partition coefficient (Wildman–Crippen LogP) is 5.71. The highest BCUT2D eigenvalue weighted by Gasteiger charge is 2.59. The van der Waals surface area contributed by atoms with E-state index < -0.39 is 63.9 Å². The summed E-state index contributed by atoms with van der Waals surface area (Å²) in [6, 6.07) is 10.0. The first kappa shape index (κ1) is 47.2. The van der Waals surface area contributed by atoms with E-state index in [-0.39, 0.29) is 35.2 Å². The Hall–Kier alpha value is -6.46. The molecule has 4 rings (SSSR count). The first-order valence-corrected chi connectivity index (χ1v) is 19.8. The molecule has 1 aromatic carbocycles. The Morgan fingerprint density at radius 2 is 1.41 bits per heavy atom. The number of carbonyl (C=O) groups excluding carboxylic acids is 4. The maximum Gasteiger partial charge on any atom is 0.410 e. The maximum atomic E-state index is 14.6. The molecule has 18 nitrogen and oxygen atoms in total. The van der Waals surface area contributed by atoms with Crippen LogP contribution in [0.15, 0.2) is 68.8 Å². The molecule has 1 aliphatic rings. The van der Waals surface area contributed by atoms with Crippen LogP contribution in [0.1, 0.15) is 106 Å². The minimum atomic E-state index is -2.71. The maximum absolute atomic E-state index is 14.6. The second-order valence-corrected chi connectivity index (χ2v) is 17.5. The number of nitrogens with zero attached hydrogens (tertiary/aromatic N) is 5. The van der Waals surface area contributed by atoms with Crippen molar-refractivity contribution in [2.24, 2.45) is 4.99 Å². The molecule has 0 spiro atoms. The topological polar surface area (TPSA) is 224 Å². The molecule has 0 bridgehead atoms. The zero-order valence-corrected chi connectivity index (χ0v) is 37.1. The van der Waals surface area contributed by atoms with Crippen molar-refractivity contribution in [2.45, 2.75) is 118 Å². The van der Waals surface area contributed by atoms with E-state index >= 15 is 0 Å². The lowest BCUT2D eigenvalue weighted by Crippen LogP contribution is -2.68. The number of carboxylic acid groups (broad SMARTS) is 1. The van der Waals surface area contributed by atoms with E-state index in [2.05, 4.69) is 15.8 Å². The molecule has 0 fully saturated rings. The third-order valence-corrected chi connectivity index (χ3v) is 8.95. The van der Waals surface area contributed by atoms with Gasteiger partial charge in [0.2, 0.25) is 5.91 Å². The van der Waals surface area contributed by atoms with Gasteiger partial charge in [-0.2, -0.15) is 0 Å². The second kappa shape index (κ2) is 18.0. The van der Waals surface area contributed by atoms with Crippen molar-refractivity contribution in [3.8, 4) is 11.3 Å². The van der Waals surface area contributed by atoms with Gasteiger partial charge in [0.1, 0.15) is 40.1 Å². The van der Waals surface area contributed by atoms with Crippen LogP contribution >= 0.6 is 0 Å². The Morgan fingerprint density at radius 3 is 1.92 bits per heavy atom. The van der Waals surface area contributed by atoms with Crippen molar-refractivity contribution in [1.82, 2.24) is 30.2 Å². The number of benzene rings is 1. The number of carbonyl (C=O) groups is 5. The number of pyridine rings is 1. The molecule has 0 saturated heterocycles. The highest BCUT2D eigenvalue weighted by atomic mass is 16.6. The van der Waals surface area contributed by atoms with Crippen molar-refractivity contribution >= 4 is 41.4 Å². The van der Waals surface area contributed by atoms with Crippen molar-refractivity contribution in [3.63, 3.8) is 0 Å². The van der Waals surface area contributed by atoms with Gasteiger partial charge in [0, 0.05) is 56.1 Å². The van der Waals surface area contributed by atoms with Crippen LogP contribution in [0.2, 0.25) is 0 Å². The fourth-order valence-corrected chi connectivity index (χ4v) is 6.15. The fraction of sp³-hybridized carbons (Fsp3) is 0.488. The monoisotopic (exact) mass is 847 g/mol. The summed E-state index contributed by atoms with van der Waals surface area (Å²) in [4.78, 5) is 88.7. The van der Waals surface area contributed by atoms with E-state index in [0.29, 0.717) is 24.3 Å². The van der Waals surface area contributed by atoms with E-state index in [4.69, 9.17) is 23.7 Å². The first-order valence-electron chi connectivity index (χ1n) is 19.8. The van der Waals surface area contributed by atoms with Gasteiger partial charge in [0.05, 0.1) is 5.71 Å². The Labute approximate surface area is 354 Å². The summed E-state index contributed by atoms with van der Waals surface area (Å²) < 4.78 is 24.0. The number of aliphatic imine (C=N–C) groups is 1. The van der Waals surface area contributed by atoms with Gasteiger partial charge in [-0.3, -0.25) is 14.9 Å². The molecular weight excluding hydrogens is 791 g/mol. The number of hydrogen-bond acceptors (Lipinski definition) is 13. The molecule has 3 heterocycles. The van der Waals surface area contributed by atoms with Gasteiger partial charge in [-0.25, -0.2) is 24.2 Å². The molecular formula is C43H57N7O11. The Bertz CT molecular complexity index is 2240. The van der Waals surface area contributed by atoms with Gasteiger partial charge in [0.15, 0.2) is 5.76 Å². The summed E-state index contributed by atoms with van der Waals surface area (Å²) >= 11 is 0. The zero-order chi connectivity index (χ0) is 45.8. The number of esters is 2. The zero-order valence-electron chi connectivity index (χ0n) is 37.1. The second-order valence-electron chi connectivity index (χ2n) is 17.5. The number of nitrogens with one attached hydrogen (secondary N) is 2. The number of ether oxygens (including phenoxy) is 3. The highest BCUT2D eigenvalue weighted by molar-refractivity contribution is 6.34. The predicted molar refractivity (Wildman–Crippen MR) is 225 cm³/mol. The van der Waals surface area contributed by atoms with Crippen LogP contribution < -0.4 is 16.2 Å². The average Bonchev–Trinajstić information content (AvgIpc) is 3.63. The van der Waals surface area contributed by atoms with Crippen LogP contribution in [0.5, 0.6) is 0 Å². The van der Waals surface area contributed by atoms with Gasteiger partial charge in [0.25, 0.3) is 11.1 Å². The average molecular weight is 848 g/mol. The standard InChI is InChI=1S/C43H57N7O11/c1-14-49(15-2)35(52)25(3)50-24-28(20-21-31(50)51)33-43(36(53)58-40(4,5)6,37(54)59-41(7,8)9)46-34(45-38(55)56)32(44-33)30-22-29(47-61-30)27-18-16-26(17-19-27)23-48(13)39(57)60-42(10,11)12/h16-22,24-25,45-46H,14-15,23H2,1-13H3,(H,55,56). The quantitative estimate of drug-likeness (QED) is 0.113. The van der Waals surface area contributed by atoms with Crippen LogP contribution in [0, 0.1) is 0 Å². The summed E-state index contributed by atoms with van der Waals surface area (Å²) in [6.45, 7) is 21.0. The summed E-state index contributed by atoms with van der Waals surface area (Å²) in [5.74, 6) is -3.34. The smallest absolute Gasteiger partial charge is 0.410 e. The Balaban J connectivity index is 1.95. The number of rotatable bonds is 12. The van der Waals surface area contributed by atoms with Gasteiger partial charge >= 0.3 is 24.1 Å². The summed E-state index contributed by atoms with van der Waals surface area (Å²) in [5.41, 5.74) is -5.23. The van der Waals surface area contributed by atoms with E-state index in [1.807, 2.05) is 0 Å². The Morgan fingerprint density at radius 1 is 0.869 bits per heavy atom. The molecule has 1 atom stereocenters.